The zero-order valence-corrected chi connectivity index (χ0v) is 24.0. The summed E-state index contributed by atoms with van der Waals surface area (Å²) in [5, 5.41) is 21.4. The van der Waals surface area contributed by atoms with Gasteiger partial charge in [-0.05, 0) is 29.5 Å². The normalized spacial score (nSPS) is 18.7. The van der Waals surface area contributed by atoms with Crippen molar-refractivity contribution < 1.29 is 29.4 Å². The van der Waals surface area contributed by atoms with Gasteiger partial charge in [0.2, 0.25) is 11.8 Å². The van der Waals surface area contributed by atoms with Crippen molar-refractivity contribution in [3.05, 3.63) is 87.4 Å². The number of aliphatic hydroxyl groups excluding tert-OH is 1. The Kier molecular flexibility index (Phi) is 11.6. The van der Waals surface area contributed by atoms with Crippen LogP contribution < -0.4 is 10.8 Å². The van der Waals surface area contributed by atoms with Crippen molar-refractivity contribution in [2.45, 2.75) is 76.7 Å². The zero-order valence-electron chi connectivity index (χ0n) is 22.5. The average Bonchev–Trinajstić information content (AvgIpc) is 3.32. The molecule has 3 aromatic rings. The molecule has 3 atom stereocenters. The molecule has 220 valence electrons. The van der Waals surface area contributed by atoms with Crippen LogP contribution in [-0.2, 0) is 38.8 Å². The van der Waals surface area contributed by atoms with Gasteiger partial charge in [0, 0.05) is 31.4 Å². The highest BCUT2D eigenvalue weighted by atomic mass is 35.5. The van der Waals surface area contributed by atoms with Crippen LogP contribution in [0.4, 0.5) is 0 Å². The molecule has 10 nitrogen and oxygen atoms in total. The summed E-state index contributed by atoms with van der Waals surface area (Å²) in [6.45, 7) is 0.807. The number of halogens is 2. The molecule has 2 heterocycles. The van der Waals surface area contributed by atoms with Crippen molar-refractivity contribution in [2.75, 3.05) is 0 Å². The van der Waals surface area contributed by atoms with E-state index in [1.807, 2.05) is 48.5 Å². The predicted octanol–water partition coefficient (Wildman–Crippen LogP) is 5.00. The number of amides is 2. The third-order valence-corrected chi connectivity index (χ3v) is 7.69. The number of hydrogen-bond acceptors (Lipinski definition) is 7. The summed E-state index contributed by atoms with van der Waals surface area (Å²) < 4.78 is 14.5. The van der Waals surface area contributed by atoms with Crippen molar-refractivity contribution in [1.82, 2.24) is 20.3 Å². The Morgan fingerprint density at radius 3 is 2.22 bits per heavy atom. The number of rotatable bonds is 13. The van der Waals surface area contributed by atoms with E-state index in [0.717, 1.165) is 28.7 Å². The van der Waals surface area contributed by atoms with Crippen LogP contribution in [0.15, 0.2) is 54.9 Å². The van der Waals surface area contributed by atoms with Gasteiger partial charge in [0.15, 0.2) is 11.4 Å². The number of carbonyl (C=O) groups excluding carboxylic acids is 2. The maximum Gasteiger partial charge on any atom is 0.243 e. The van der Waals surface area contributed by atoms with E-state index in [9.17, 15) is 14.7 Å². The first-order valence-electron chi connectivity index (χ1n) is 13.5. The second kappa shape index (κ2) is 15.3. The van der Waals surface area contributed by atoms with Crippen LogP contribution in [0.2, 0.25) is 10.3 Å². The highest BCUT2D eigenvalue weighted by Gasteiger charge is 2.32. The van der Waals surface area contributed by atoms with Crippen molar-refractivity contribution in [3.63, 3.8) is 0 Å². The van der Waals surface area contributed by atoms with E-state index in [1.165, 1.54) is 0 Å². The number of aliphatic hydroxyl groups is 1. The molecule has 0 unspecified atom stereocenters. The summed E-state index contributed by atoms with van der Waals surface area (Å²) >= 11 is 12.3. The molecule has 0 radical (unpaired) electrons. The molecule has 0 aliphatic carbocycles. The Morgan fingerprint density at radius 2 is 1.59 bits per heavy atom. The number of carbonyl (C=O) groups is 2. The molecule has 2 amide bonds. The standard InChI is InChI=1S/C29H34Cl2N4O6/c30-27-28(31)35(18-33-27)16-23-14-24(21-10-8-20(17-36)9-11-21)41-29(40-23)22-12-6-19(7-13-22)15-32-25(37)4-2-1-3-5-26(38)34-39/h6-13,18,23-24,29,36,39H,1-5,14-17H2,(H,32,37)(H,34,38)/t23-,24+,29+/m1/s1. The van der Waals surface area contributed by atoms with Gasteiger partial charge in [-0.3, -0.25) is 14.8 Å². The second-order valence-corrected chi connectivity index (χ2v) is 10.7. The monoisotopic (exact) mass is 604 g/mol. The Balaban J connectivity index is 1.36. The number of nitrogens with one attached hydrogen (secondary N) is 2. The van der Waals surface area contributed by atoms with Crippen LogP contribution in [0.1, 0.15) is 73.2 Å². The van der Waals surface area contributed by atoms with E-state index in [0.29, 0.717) is 43.9 Å². The Bertz CT molecular complexity index is 1290. The summed E-state index contributed by atoms with van der Waals surface area (Å²) in [6, 6.07) is 15.4. The number of imidazole rings is 1. The third kappa shape index (κ3) is 9.00. The Labute approximate surface area is 248 Å². The Hall–Kier alpha value is -2.99. The van der Waals surface area contributed by atoms with E-state index in [4.69, 9.17) is 37.9 Å². The minimum absolute atomic E-state index is 0.0294. The van der Waals surface area contributed by atoms with Gasteiger partial charge in [0.05, 0.1) is 31.7 Å². The molecule has 0 saturated carbocycles. The van der Waals surface area contributed by atoms with Gasteiger partial charge in [-0.15, -0.1) is 0 Å². The fourth-order valence-corrected chi connectivity index (χ4v) is 4.92. The molecular weight excluding hydrogens is 571 g/mol. The molecule has 0 spiro atoms. The fraction of sp³-hybridized carbons (Fsp3) is 0.414. The van der Waals surface area contributed by atoms with Gasteiger partial charge in [0.1, 0.15) is 5.15 Å². The lowest BCUT2D eigenvalue weighted by Gasteiger charge is -2.36. The first kappa shape index (κ1) is 31.0. The highest BCUT2D eigenvalue weighted by Crippen LogP contribution is 2.39. The molecule has 0 bridgehead atoms. The number of unbranched alkanes of at least 4 members (excludes halogenated alkanes) is 2. The summed E-state index contributed by atoms with van der Waals surface area (Å²) in [4.78, 5) is 27.3. The number of nitrogens with zero attached hydrogens (tertiary/aromatic N) is 2. The highest BCUT2D eigenvalue weighted by molar-refractivity contribution is 6.40. The second-order valence-electron chi connectivity index (χ2n) is 9.94. The Morgan fingerprint density at radius 1 is 0.927 bits per heavy atom. The van der Waals surface area contributed by atoms with Crippen LogP contribution in [-0.4, -0.2) is 37.8 Å². The molecule has 2 aromatic carbocycles. The van der Waals surface area contributed by atoms with Gasteiger partial charge in [-0.25, -0.2) is 10.5 Å². The molecule has 1 fully saturated rings. The number of hydroxylamine groups is 1. The molecule has 1 saturated heterocycles. The number of benzene rings is 2. The summed E-state index contributed by atoms with van der Waals surface area (Å²) in [7, 11) is 0. The first-order valence-corrected chi connectivity index (χ1v) is 14.3. The SMILES string of the molecule is O=C(CCCCCC(=O)NCc1ccc([C@H]2O[C@@H](Cn3cnc(Cl)c3Cl)C[C@@H](c3ccc(CO)cc3)O2)cc1)NO. The van der Waals surface area contributed by atoms with E-state index in [2.05, 4.69) is 10.3 Å². The number of aromatic nitrogens is 2. The minimum Gasteiger partial charge on any atom is -0.392 e. The van der Waals surface area contributed by atoms with Crippen LogP contribution in [0.3, 0.4) is 0 Å². The van der Waals surface area contributed by atoms with E-state index in [-0.39, 0.29) is 36.3 Å². The van der Waals surface area contributed by atoms with Crippen LogP contribution >= 0.6 is 23.2 Å². The molecule has 4 rings (SSSR count). The lowest BCUT2D eigenvalue weighted by Crippen LogP contribution is -2.32. The van der Waals surface area contributed by atoms with E-state index < -0.39 is 12.2 Å². The van der Waals surface area contributed by atoms with Crippen molar-refractivity contribution >= 4 is 35.0 Å². The summed E-state index contributed by atoms with van der Waals surface area (Å²) in [5.74, 6) is -0.479. The zero-order chi connectivity index (χ0) is 29.2. The molecule has 4 N–H and O–H groups in total. The van der Waals surface area contributed by atoms with E-state index >= 15 is 0 Å². The molecule has 1 aliphatic heterocycles. The third-order valence-electron chi connectivity index (χ3n) is 6.92. The lowest BCUT2D eigenvalue weighted by atomic mass is 10.00. The van der Waals surface area contributed by atoms with Crippen LogP contribution in [0.5, 0.6) is 0 Å². The molecule has 41 heavy (non-hydrogen) atoms. The van der Waals surface area contributed by atoms with Crippen molar-refractivity contribution in [3.8, 4) is 0 Å². The van der Waals surface area contributed by atoms with E-state index in [1.54, 1.807) is 16.4 Å². The summed E-state index contributed by atoms with van der Waals surface area (Å²) in [6.07, 6.45) is 3.67. The van der Waals surface area contributed by atoms with Gasteiger partial charge in [0.25, 0.3) is 0 Å². The quantitative estimate of drug-likeness (QED) is 0.122. The topological polar surface area (TPSA) is 135 Å². The maximum absolute atomic E-state index is 12.2. The largest absolute Gasteiger partial charge is 0.392 e. The molecule has 12 heteroatoms. The first-order chi connectivity index (χ1) is 19.9. The van der Waals surface area contributed by atoms with Crippen LogP contribution in [0, 0.1) is 0 Å². The van der Waals surface area contributed by atoms with Gasteiger partial charge < -0.3 is 24.5 Å². The number of ether oxygens (including phenoxy) is 2. The maximum atomic E-state index is 12.2. The van der Waals surface area contributed by atoms with Crippen molar-refractivity contribution in [1.29, 1.82) is 0 Å². The van der Waals surface area contributed by atoms with Gasteiger partial charge in [-0.2, -0.15) is 0 Å². The van der Waals surface area contributed by atoms with Gasteiger partial charge >= 0.3 is 0 Å². The minimum atomic E-state index is -0.634. The molecular formula is C29H34Cl2N4O6. The smallest absolute Gasteiger partial charge is 0.243 e. The molecule has 1 aromatic heterocycles. The summed E-state index contributed by atoms with van der Waals surface area (Å²) in [5.41, 5.74) is 5.17. The lowest BCUT2D eigenvalue weighted by molar-refractivity contribution is -0.252. The molecule has 1 aliphatic rings. The predicted molar refractivity (Wildman–Crippen MR) is 152 cm³/mol. The van der Waals surface area contributed by atoms with Crippen LogP contribution in [0.25, 0.3) is 0 Å². The van der Waals surface area contributed by atoms with Crippen molar-refractivity contribution in [2.24, 2.45) is 0 Å². The fourth-order valence-electron chi connectivity index (χ4n) is 4.61. The van der Waals surface area contributed by atoms with Gasteiger partial charge in [-0.1, -0.05) is 78.2 Å². The number of hydrogen-bond donors (Lipinski definition) is 4. The average molecular weight is 606 g/mol.